The van der Waals surface area contributed by atoms with Gasteiger partial charge in [0.2, 0.25) is 5.91 Å². The molecule has 4 unspecified atom stereocenters. The number of rotatable bonds is 12. The molecule has 0 radical (unpaired) electrons. The summed E-state index contributed by atoms with van der Waals surface area (Å²) in [5, 5.41) is 22.0. The summed E-state index contributed by atoms with van der Waals surface area (Å²) in [4.78, 5) is 27.1. The third kappa shape index (κ3) is 7.95. The third-order valence-electron chi connectivity index (χ3n) is 7.78. The Balaban J connectivity index is 1.31. The van der Waals surface area contributed by atoms with E-state index in [0.717, 1.165) is 44.3 Å². The van der Waals surface area contributed by atoms with E-state index in [1.807, 2.05) is 90.6 Å². The van der Waals surface area contributed by atoms with Crippen LogP contribution in [0, 0.1) is 5.92 Å². The van der Waals surface area contributed by atoms with Gasteiger partial charge in [0, 0.05) is 49.6 Å². The number of carbonyl (C=O) groups excluding carboxylic acids is 1. The smallest absolute Gasteiger partial charge is 0.303 e. The SMILES string of the molecule is CC1C(CSc2nccn2C)OC(c2ccc(-c3cccc(CNC(=O)CCC(=O)O)c3)cc2)OC1c1ccc(CO)cc1. The number of aliphatic carboxylic acids is 1. The van der Waals surface area contributed by atoms with Crippen LogP contribution in [-0.4, -0.2) is 43.5 Å². The Morgan fingerprint density at radius 1 is 0.955 bits per heavy atom. The number of aromatic nitrogens is 2. The highest BCUT2D eigenvalue weighted by molar-refractivity contribution is 7.99. The summed E-state index contributed by atoms with van der Waals surface area (Å²) in [7, 11) is 1.98. The Hall–Kier alpha value is -3.96. The number of hydrogen-bond acceptors (Lipinski definition) is 7. The van der Waals surface area contributed by atoms with E-state index < -0.39 is 12.3 Å². The van der Waals surface area contributed by atoms with E-state index >= 15 is 0 Å². The van der Waals surface area contributed by atoms with Gasteiger partial charge in [0.05, 0.1) is 25.2 Å². The molecule has 2 heterocycles. The van der Waals surface area contributed by atoms with Crippen LogP contribution in [0.15, 0.2) is 90.3 Å². The van der Waals surface area contributed by atoms with Crippen LogP contribution in [0.2, 0.25) is 0 Å². The molecule has 3 N–H and O–H groups in total. The highest BCUT2D eigenvalue weighted by Gasteiger charge is 2.38. The van der Waals surface area contributed by atoms with Crippen molar-refractivity contribution in [1.82, 2.24) is 14.9 Å². The largest absolute Gasteiger partial charge is 0.481 e. The predicted molar refractivity (Wildman–Crippen MR) is 167 cm³/mol. The number of carbonyl (C=O) groups is 2. The van der Waals surface area contributed by atoms with Gasteiger partial charge in [-0.15, -0.1) is 0 Å². The van der Waals surface area contributed by atoms with E-state index in [1.54, 1.807) is 18.0 Å². The number of nitrogens with one attached hydrogen (secondary N) is 1. The fourth-order valence-corrected chi connectivity index (χ4v) is 6.26. The van der Waals surface area contributed by atoms with Crippen LogP contribution in [0.1, 0.15) is 54.4 Å². The standard InChI is InChI=1S/C34H37N3O6S/c1-22-29(21-44-34-35-16-17-37(34)2)42-33(43-32(22)26-8-6-23(20-38)7-9-26)27-12-10-25(11-13-27)28-5-3-4-24(18-28)19-36-30(39)14-15-31(40)41/h3-13,16-18,22,29,32-33,38H,14-15,19-21H2,1-2H3,(H,36,39)(H,40,41). The predicted octanol–water partition coefficient (Wildman–Crippen LogP) is 5.64. The molecule has 0 spiro atoms. The van der Waals surface area contributed by atoms with E-state index in [2.05, 4.69) is 17.2 Å². The lowest BCUT2D eigenvalue weighted by Gasteiger charge is -2.41. The lowest BCUT2D eigenvalue weighted by Crippen LogP contribution is -2.38. The second kappa shape index (κ2) is 14.7. The molecule has 4 atom stereocenters. The van der Waals surface area contributed by atoms with Crippen LogP contribution >= 0.6 is 11.8 Å². The van der Waals surface area contributed by atoms with Crippen LogP contribution in [0.4, 0.5) is 0 Å². The first kappa shape index (κ1) is 31.5. The number of thioether (sulfide) groups is 1. The molecule has 1 amide bonds. The fourth-order valence-electron chi connectivity index (χ4n) is 5.16. The van der Waals surface area contributed by atoms with Crippen molar-refractivity contribution in [1.29, 1.82) is 0 Å². The van der Waals surface area contributed by atoms with Gasteiger partial charge in [-0.25, -0.2) is 4.98 Å². The quantitative estimate of drug-likeness (QED) is 0.175. The highest BCUT2D eigenvalue weighted by Crippen LogP contribution is 2.43. The minimum Gasteiger partial charge on any atom is -0.481 e. The summed E-state index contributed by atoms with van der Waals surface area (Å²) >= 11 is 1.66. The van der Waals surface area contributed by atoms with Crippen molar-refractivity contribution in [2.24, 2.45) is 13.0 Å². The molecule has 9 nitrogen and oxygen atoms in total. The van der Waals surface area contributed by atoms with E-state index in [-0.39, 0.29) is 43.5 Å². The molecule has 230 valence electrons. The van der Waals surface area contributed by atoms with Crippen molar-refractivity contribution >= 4 is 23.6 Å². The van der Waals surface area contributed by atoms with E-state index in [4.69, 9.17) is 14.6 Å². The number of benzene rings is 3. The normalized spacial score (nSPS) is 19.9. The molecule has 1 saturated heterocycles. The van der Waals surface area contributed by atoms with Gasteiger partial charge in [0.1, 0.15) is 0 Å². The Bertz CT molecular complexity index is 1560. The minimum absolute atomic E-state index is 0.00723. The summed E-state index contributed by atoms with van der Waals surface area (Å²) in [5.74, 6) is -0.488. The first-order valence-corrected chi connectivity index (χ1v) is 15.6. The molecule has 10 heteroatoms. The van der Waals surface area contributed by atoms with Crippen molar-refractivity contribution in [3.63, 3.8) is 0 Å². The van der Waals surface area contributed by atoms with Gasteiger partial charge >= 0.3 is 5.97 Å². The number of aryl methyl sites for hydroxylation is 1. The summed E-state index contributed by atoms with van der Waals surface area (Å²) in [6.07, 6.45) is 2.63. The van der Waals surface area contributed by atoms with Crippen molar-refractivity contribution in [3.8, 4) is 11.1 Å². The van der Waals surface area contributed by atoms with E-state index in [9.17, 15) is 14.7 Å². The number of imidazole rings is 1. The van der Waals surface area contributed by atoms with Crippen LogP contribution < -0.4 is 5.32 Å². The number of aliphatic hydroxyl groups excluding tert-OH is 1. The maximum Gasteiger partial charge on any atom is 0.303 e. The monoisotopic (exact) mass is 615 g/mol. The summed E-state index contributed by atoms with van der Waals surface area (Å²) in [6, 6.07) is 23.9. The summed E-state index contributed by atoms with van der Waals surface area (Å²) in [6.45, 7) is 2.46. The zero-order chi connectivity index (χ0) is 31.1. The average Bonchev–Trinajstić information content (AvgIpc) is 3.46. The molecule has 1 aliphatic heterocycles. The molecular weight excluding hydrogens is 578 g/mol. The average molecular weight is 616 g/mol. The van der Waals surface area contributed by atoms with Gasteiger partial charge in [-0.05, 0) is 33.9 Å². The lowest BCUT2D eigenvalue weighted by molar-refractivity contribution is -0.268. The Morgan fingerprint density at radius 3 is 2.39 bits per heavy atom. The summed E-state index contributed by atoms with van der Waals surface area (Å²) in [5.41, 5.74) is 5.73. The molecule has 0 saturated carbocycles. The molecular formula is C34H37N3O6S. The van der Waals surface area contributed by atoms with Gasteiger partial charge in [-0.3, -0.25) is 9.59 Å². The van der Waals surface area contributed by atoms with Crippen molar-refractivity contribution in [3.05, 3.63) is 107 Å². The summed E-state index contributed by atoms with van der Waals surface area (Å²) < 4.78 is 15.2. The van der Waals surface area contributed by atoms with Gasteiger partial charge in [0.15, 0.2) is 11.4 Å². The number of aliphatic hydroxyl groups is 1. The van der Waals surface area contributed by atoms with E-state index in [0.29, 0.717) is 6.54 Å². The third-order valence-corrected chi connectivity index (χ3v) is 8.92. The second-order valence-corrected chi connectivity index (χ2v) is 11.9. The number of amides is 1. The van der Waals surface area contributed by atoms with Crippen LogP contribution in [0.25, 0.3) is 11.1 Å². The number of nitrogens with zero attached hydrogens (tertiary/aromatic N) is 2. The first-order valence-electron chi connectivity index (χ1n) is 14.6. The maximum atomic E-state index is 12.0. The minimum atomic E-state index is -0.991. The maximum absolute atomic E-state index is 12.0. The molecule has 5 rings (SSSR count). The molecule has 1 aliphatic rings. The van der Waals surface area contributed by atoms with Crippen LogP contribution in [0.3, 0.4) is 0 Å². The molecule has 44 heavy (non-hydrogen) atoms. The molecule has 0 aliphatic carbocycles. The fraction of sp³-hybridized carbons (Fsp3) is 0.324. The second-order valence-electron chi connectivity index (χ2n) is 10.9. The Morgan fingerprint density at radius 2 is 1.70 bits per heavy atom. The van der Waals surface area contributed by atoms with Gasteiger partial charge in [-0.1, -0.05) is 85.4 Å². The zero-order valence-electron chi connectivity index (χ0n) is 24.8. The number of ether oxygens (including phenoxy) is 2. The van der Waals surface area contributed by atoms with Gasteiger partial charge in [0.25, 0.3) is 0 Å². The van der Waals surface area contributed by atoms with Gasteiger partial charge in [-0.2, -0.15) is 0 Å². The zero-order valence-corrected chi connectivity index (χ0v) is 25.6. The highest BCUT2D eigenvalue weighted by atomic mass is 32.2. The molecule has 1 aromatic heterocycles. The van der Waals surface area contributed by atoms with Crippen LogP contribution in [0.5, 0.6) is 0 Å². The number of carboxylic acid groups (broad SMARTS) is 1. The van der Waals surface area contributed by atoms with Gasteiger partial charge < -0.3 is 29.6 Å². The number of carboxylic acids is 1. The molecule has 3 aromatic carbocycles. The van der Waals surface area contributed by atoms with E-state index in [1.165, 1.54) is 0 Å². The topological polar surface area (TPSA) is 123 Å². The molecule has 0 bridgehead atoms. The first-order chi connectivity index (χ1) is 21.3. The van der Waals surface area contributed by atoms with Crippen molar-refractivity contribution < 1.29 is 29.3 Å². The van der Waals surface area contributed by atoms with Crippen molar-refractivity contribution in [2.75, 3.05) is 5.75 Å². The Kier molecular flexibility index (Phi) is 10.5. The number of hydrogen-bond donors (Lipinski definition) is 3. The van der Waals surface area contributed by atoms with Crippen LogP contribution in [-0.2, 0) is 39.3 Å². The van der Waals surface area contributed by atoms with Crippen molar-refractivity contribution in [2.45, 2.75) is 56.6 Å². The lowest BCUT2D eigenvalue weighted by atomic mass is 9.91. The Labute approximate surface area is 261 Å². The molecule has 4 aromatic rings. The molecule has 1 fully saturated rings.